The first-order valence-electron chi connectivity index (χ1n) is 6.17. The van der Waals surface area contributed by atoms with E-state index in [1.54, 1.807) is 0 Å². The Morgan fingerprint density at radius 2 is 2.06 bits per heavy atom. The molecule has 94 valence electrons. The number of hydrogen-bond donors (Lipinski definition) is 1. The second-order valence-electron chi connectivity index (χ2n) is 4.09. The molecule has 1 unspecified atom stereocenters. The van der Waals surface area contributed by atoms with Crippen LogP contribution in [0.4, 0.5) is 0 Å². The van der Waals surface area contributed by atoms with Crippen LogP contribution in [0.15, 0.2) is 24.3 Å². The van der Waals surface area contributed by atoms with E-state index >= 15 is 0 Å². The van der Waals surface area contributed by atoms with Crippen molar-refractivity contribution in [2.24, 2.45) is 0 Å². The average Bonchev–Trinajstić information content (AvgIpc) is 2.36. The van der Waals surface area contributed by atoms with E-state index < -0.39 is 0 Å². The molecule has 17 heavy (non-hydrogen) atoms. The van der Waals surface area contributed by atoms with Crippen molar-refractivity contribution in [1.29, 1.82) is 0 Å². The number of carbonyl (C=O) groups excluding carboxylic acids is 1. The largest absolute Gasteiger partial charge is 0.483 e. The third-order valence-electron chi connectivity index (χ3n) is 2.80. The van der Waals surface area contributed by atoms with Gasteiger partial charge in [0, 0.05) is 6.54 Å². The van der Waals surface area contributed by atoms with E-state index in [9.17, 15) is 4.79 Å². The summed E-state index contributed by atoms with van der Waals surface area (Å²) in [6.07, 6.45) is 1.06. The lowest BCUT2D eigenvalue weighted by atomic mass is 9.98. The number of ether oxygens (including phenoxy) is 1. The van der Waals surface area contributed by atoms with Crippen molar-refractivity contribution in [2.75, 3.05) is 13.2 Å². The van der Waals surface area contributed by atoms with Crippen LogP contribution in [0.2, 0.25) is 0 Å². The molecule has 0 spiro atoms. The minimum Gasteiger partial charge on any atom is -0.483 e. The van der Waals surface area contributed by atoms with E-state index in [2.05, 4.69) is 25.2 Å². The summed E-state index contributed by atoms with van der Waals surface area (Å²) in [7, 11) is 0. The van der Waals surface area contributed by atoms with Gasteiger partial charge in [0.25, 0.3) is 5.91 Å². The second kappa shape index (κ2) is 6.94. The van der Waals surface area contributed by atoms with Gasteiger partial charge >= 0.3 is 0 Å². The van der Waals surface area contributed by atoms with Crippen molar-refractivity contribution in [2.45, 2.75) is 33.1 Å². The molecule has 1 rings (SSSR count). The maximum Gasteiger partial charge on any atom is 0.257 e. The van der Waals surface area contributed by atoms with E-state index in [-0.39, 0.29) is 12.5 Å². The highest BCUT2D eigenvalue weighted by Gasteiger charge is 2.10. The molecular formula is C14H21NO2. The lowest BCUT2D eigenvalue weighted by molar-refractivity contribution is -0.122. The normalized spacial score (nSPS) is 11.9. The Morgan fingerprint density at radius 1 is 1.35 bits per heavy atom. The first-order chi connectivity index (χ1) is 8.19. The summed E-state index contributed by atoms with van der Waals surface area (Å²) >= 11 is 0. The monoisotopic (exact) mass is 235 g/mol. The van der Waals surface area contributed by atoms with Gasteiger partial charge in [0.1, 0.15) is 5.75 Å². The van der Waals surface area contributed by atoms with E-state index in [4.69, 9.17) is 4.74 Å². The molecule has 3 nitrogen and oxygen atoms in total. The molecule has 1 aromatic carbocycles. The van der Waals surface area contributed by atoms with Crippen LogP contribution in [0.1, 0.15) is 38.7 Å². The van der Waals surface area contributed by atoms with Gasteiger partial charge in [-0.05, 0) is 30.9 Å². The van der Waals surface area contributed by atoms with Gasteiger partial charge in [-0.25, -0.2) is 0 Å². The van der Waals surface area contributed by atoms with Gasteiger partial charge in [0.15, 0.2) is 6.61 Å². The van der Waals surface area contributed by atoms with Crippen molar-refractivity contribution >= 4 is 5.91 Å². The quantitative estimate of drug-likeness (QED) is 0.823. The Morgan fingerprint density at radius 3 is 2.71 bits per heavy atom. The number of rotatable bonds is 6. The molecule has 0 fully saturated rings. The Balaban J connectivity index is 2.67. The van der Waals surface area contributed by atoms with Crippen molar-refractivity contribution in [1.82, 2.24) is 5.32 Å². The van der Waals surface area contributed by atoms with Crippen LogP contribution in [0, 0.1) is 0 Å². The SMILES string of the molecule is CCNC(=O)COc1ccccc1C(C)CC. The zero-order valence-corrected chi connectivity index (χ0v) is 10.8. The Bertz CT molecular complexity index is 363. The third-order valence-corrected chi connectivity index (χ3v) is 2.80. The van der Waals surface area contributed by atoms with Gasteiger partial charge in [-0.3, -0.25) is 4.79 Å². The Labute approximate surface area is 103 Å². The molecule has 0 aromatic heterocycles. The van der Waals surface area contributed by atoms with Gasteiger partial charge in [0.2, 0.25) is 0 Å². The van der Waals surface area contributed by atoms with Crippen LogP contribution in [0.25, 0.3) is 0 Å². The fraction of sp³-hybridized carbons (Fsp3) is 0.500. The number of carbonyl (C=O) groups is 1. The number of hydrogen-bond acceptors (Lipinski definition) is 2. The van der Waals surface area contributed by atoms with Gasteiger partial charge in [0.05, 0.1) is 0 Å². The molecule has 0 radical (unpaired) electrons. The highest BCUT2D eigenvalue weighted by atomic mass is 16.5. The second-order valence-corrected chi connectivity index (χ2v) is 4.09. The number of benzene rings is 1. The summed E-state index contributed by atoms with van der Waals surface area (Å²) in [5.74, 6) is 1.18. The zero-order valence-electron chi connectivity index (χ0n) is 10.8. The molecule has 1 aromatic rings. The summed E-state index contributed by atoms with van der Waals surface area (Å²) in [4.78, 5) is 11.3. The molecule has 0 saturated heterocycles. The molecular weight excluding hydrogens is 214 g/mol. The fourth-order valence-electron chi connectivity index (χ4n) is 1.63. The summed E-state index contributed by atoms with van der Waals surface area (Å²) in [5, 5.41) is 2.71. The van der Waals surface area contributed by atoms with Gasteiger partial charge < -0.3 is 10.1 Å². The zero-order chi connectivity index (χ0) is 12.7. The predicted octanol–water partition coefficient (Wildman–Crippen LogP) is 2.72. The molecule has 0 aliphatic carbocycles. The van der Waals surface area contributed by atoms with Crippen LogP contribution in [0.5, 0.6) is 5.75 Å². The smallest absolute Gasteiger partial charge is 0.257 e. The van der Waals surface area contributed by atoms with E-state index in [0.29, 0.717) is 12.5 Å². The number of amides is 1. The number of para-hydroxylation sites is 1. The van der Waals surface area contributed by atoms with Crippen molar-refractivity contribution < 1.29 is 9.53 Å². The molecule has 0 heterocycles. The van der Waals surface area contributed by atoms with Gasteiger partial charge in [-0.2, -0.15) is 0 Å². The molecule has 0 saturated carbocycles. The molecule has 1 N–H and O–H groups in total. The van der Waals surface area contributed by atoms with Crippen molar-refractivity contribution in [3.63, 3.8) is 0 Å². The summed E-state index contributed by atoms with van der Waals surface area (Å²) < 4.78 is 5.56. The highest BCUT2D eigenvalue weighted by molar-refractivity contribution is 5.77. The van der Waals surface area contributed by atoms with Crippen LogP contribution in [-0.4, -0.2) is 19.1 Å². The Hall–Kier alpha value is -1.51. The minimum absolute atomic E-state index is 0.0774. The fourth-order valence-corrected chi connectivity index (χ4v) is 1.63. The van der Waals surface area contributed by atoms with Gasteiger partial charge in [-0.15, -0.1) is 0 Å². The molecule has 1 atom stereocenters. The summed E-state index contributed by atoms with van der Waals surface area (Å²) in [6, 6.07) is 7.90. The standard InChI is InChI=1S/C14H21NO2/c1-4-11(3)12-8-6-7-9-13(12)17-10-14(16)15-5-2/h6-9,11H,4-5,10H2,1-3H3,(H,15,16). The molecule has 0 bridgehead atoms. The highest BCUT2D eigenvalue weighted by Crippen LogP contribution is 2.28. The van der Waals surface area contributed by atoms with Crippen LogP contribution >= 0.6 is 0 Å². The average molecular weight is 235 g/mol. The maximum absolute atomic E-state index is 11.3. The first kappa shape index (κ1) is 13.6. The predicted molar refractivity (Wildman–Crippen MR) is 69.3 cm³/mol. The van der Waals surface area contributed by atoms with Crippen molar-refractivity contribution in [3.8, 4) is 5.75 Å². The van der Waals surface area contributed by atoms with Gasteiger partial charge in [-0.1, -0.05) is 32.0 Å². The van der Waals surface area contributed by atoms with Crippen LogP contribution in [0.3, 0.4) is 0 Å². The molecule has 0 aliphatic heterocycles. The van der Waals surface area contributed by atoms with E-state index in [1.165, 1.54) is 5.56 Å². The maximum atomic E-state index is 11.3. The van der Waals surface area contributed by atoms with Crippen LogP contribution in [-0.2, 0) is 4.79 Å². The number of nitrogens with one attached hydrogen (secondary N) is 1. The Kier molecular flexibility index (Phi) is 5.53. The number of likely N-dealkylation sites (N-methyl/N-ethyl adjacent to an activating group) is 1. The first-order valence-corrected chi connectivity index (χ1v) is 6.17. The van der Waals surface area contributed by atoms with E-state index in [0.717, 1.165) is 12.2 Å². The topological polar surface area (TPSA) is 38.3 Å². The summed E-state index contributed by atoms with van der Waals surface area (Å²) in [6.45, 7) is 6.92. The molecule has 3 heteroatoms. The third kappa shape index (κ3) is 4.10. The van der Waals surface area contributed by atoms with E-state index in [1.807, 2.05) is 25.1 Å². The minimum atomic E-state index is -0.0774. The van der Waals surface area contributed by atoms with Crippen LogP contribution < -0.4 is 10.1 Å². The molecule has 0 aliphatic rings. The lowest BCUT2D eigenvalue weighted by Gasteiger charge is -2.15. The summed E-state index contributed by atoms with van der Waals surface area (Å²) in [5.41, 5.74) is 1.17. The van der Waals surface area contributed by atoms with Crippen molar-refractivity contribution in [3.05, 3.63) is 29.8 Å². The lowest BCUT2D eigenvalue weighted by Crippen LogP contribution is -2.28. The molecule has 1 amide bonds.